The molecule has 0 saturated carbocycles. The summed E-state index contributed by atoms with van der Waals surface area (Å²) in [7, 11) is 1.69. The molecule has 3 fully saturated rings. The van der Waals surface area contributed by atoms with Gasteiger partial charge < -0.3 is 29.3 Å². The lowest BCUT2D eigenvalue weighted by molar-refractivity contribution is -0.165. The van der Waals surface area contributed by atoms with E-state index in [-0.39, 0.29) is 42.1 Å². The second kappa shape index (κ2) is 16.8. The first-order valence-corrected chi connectivity index (χ1v) is 20.1. The van der Waals surface area contributed by atoms with Crippen LogP contribution in [0.25, 0.3) is 10.8 Å². The molecule has 10 atom stereocenters. The summed E-state index contributed by atoms with van der Waals surface area (Å²) >= 11 is 3.78. The Balaban J connectivity index is 1.41. The molecule has 3 aliphatic heterocycles. The first-order chi connectivity index (χ1) is 26.4. The van der Waals surface area contributed by atoms with E-state index >= 15 is 9.59 Å². The predicted molar refractivity (Wildman–Crippen MR) is 216 cm³/mol. The van der Waals surface area contributed by atoms with Crippen molar-refractivity contribution in [2.24, 2.45) is 17.8 Å². The Hall–Kier alpha value is -4.32. The molecule has 6 rings (SSSR count). The highest BCUT2D eigenvalue weighted by atomic mass is 79.9. The fraction of sp³-hybridized carbons (Fsp3) is 0.455. The number of benzene rings is 3. The Morgan fingerprint density at radius 2 is 1.75 bits per heavy atom. The molecular formula is C44H52BrN3O7. The molecule has 3 saturated heterocycles. The van der Waals surface area contributed by atoms with Crippen LogP contribution in [0, 0.1) is 17.8 Å². The number of ether oxygens (including phenoxy) is 2. The molecule has 11 heteroatoms. The van der Waals surface area contributed by atoms with Gasteiger partial charge >= 0.3 is 5.97 Å². The summed E-state index contributed by atoms with van der Waals surface area (Å²) in [5.74, 6) is -3.84. The van der Waals surface area contributed by atoms with Gasteiger partial charge in [0.15, 0.2) is 0 Å². The van der Waals surface area contributed by atoms with E-state index in [1.165, 1.54) is 4.90 Å². The van der Waals surface area contributed by atoms with Gasteiger partial charge in [-0.05, 0) is 54.2 Å². The number of esters is 1. The molecule has 3 aromatic rings. The third-order valence-corrected chi connectivity index (χ3v) is 12.9. The van der Waals surface area contributed by atoms with Crippen LogP contribution in [0.3, 0.4) is 0 Å². The third-order valence-electron chi connectivity index (χ3n) is 12.1. The quantitative estimate of drug-likeness (QED) is 0.0984. The SMILES string of the molecule is C=CCCC(=O)N(C)[C@H](C)[C@H](OC(=O)[C@@H]1[C@H]2O[C@@]3(CC2Br)[C@H](C(=O)N(CC=C)c2ccc4ccccc4c2)N([C@@H](CO)[C@@H](C)CC)C(=O)[C@@H]13)c1ccccc1. The summed E-state index contributed by atoms with van der Waals surface area (Å²) in [4.78, 5) is 62.6. The van der Waals surface area contributed by atoms with Gasteiger partial charge in [-0.2, -0.15) is 0 Å². The number of carbonyl (C=O) groups excluding carboxylic acids is 4. The minimum absolute atomic E-state index is 0.120. The van der Waals surface area contributed by atoms with Gasteiger partial charge in [-0.1, -0.05) is 109 Å². The molecule has 3 aliphatic rings. The van der Waals surface area contributed by atoms with Gasteiger partial charge in [-0.3, -0.25) is 19.2 Å². The summed E-state index contributed by atoms with van der Waals surface area (Å²) in [6, 6.07) is 20.5. The van der Waals surface area contributed by atoms with Crippen LogP contribution in [-0.4, -0.2) is 93.5 Å². The van der Waals surface area contributed by atoms with Crippen LogP contribution in [0.2, 0.25) is 0 Å². The number of aliphatic hydroxyl groups excluding tert-OH is 1. The van der Waals surface area contributed by atoms with Crippen LogP contribution >= 0.6 is 15.9 Å². The number of nitrogens with zero attached hydrogens (tertiary/aromatic N) is 3. The molecule has 0 aromatic heterocycles. The predicted octanol–water partition coefficient (Wildman–Crippen LogP) is 6.61. The highest BCUT2D eigenvalue weighted by Crippen LogP contribution is 2.61. The molecule has 1 unspecified atom stereocenters. The lowest BCUT2D eigenvalue weighted by atomic mass is 9.70. The van der Waals surface area contributed by atoms with E-state index in [1.807, 2.05) is 93.6 Å². The van der Waals surface area contributed by atoms with Crippen LogP contribution in [0.1, 0.15) is 58.1 Å². The molecule has 55 heavy (non-hydrogen) atoms. The lowest BCUT2D eigenvalue weighted by Crippen LogP contribution is -2.60. The van der Waals surface area contributed by atoms with E-state index in [1.54, 1.807) is 29.0 Å². The van der Waals surface area contributed by atoms with Crippen molar-refractivity contribution in [1.29, 1.82) is 0 Å². The zero-order chi connectivity index (χ0) is 39.6. The number of rotatable bonds is 16. The average Bonchev–Trinajstić information content (AvgIpc) is 3.80. The number of amides is 3. The minimum atomic E-state index is -1.39. The molecule has 10 nitrogen and oxygen atoms in total. The van der Waals surface area contributed by atoms with Gasteiger partial charge in [0.25, 0.3) is 5.91 Å². The molecule has 3 heterocycles. The molecule has 292 valence electrons. The smallest absolute Gasteiger partial charge is 0.313 e. The van der Waals surface area contributed by atoms with Crippen molar-refractivity contribution in [2.45, 2.75) is 87.2 Å². The monoisotopic (exact) mass is 813 g/mol. The van der Waals surface area contributed by atoms with E-state index in [9.17, 15) is 14.7 Å². The summed E-state index contributed by atoms with van der Waals surface area (Å²) in [5, 5.41) is 12.8. The number of allylic oxidation sites excluding steroid dienone is 1. The first-order valence-electron chi connectivity index (χ1n) is 19.2. The van der Waals surface area contributed by atoms with Gasteiger partial charge in [0.1, 0.15) is 17.7 Å². The molecule has 1 spiro atoms. The highest BCUT2D eigenvalue weighted by molar-refractivity contribution is 9.09. The topological polar surface area (TPSA) is 117 Å². The van der Waals surface area contributed by atoms with E-state index in [0.717, 1.165) is 10.8 Å². The van der Waals surface area contributed by atoms with Crippen molar-refractivity contribution in [3.63, 3.8) is 0 Å². The maximum atomic E-state index is 15.3. The summed E-state index contributed by atoms with van der Waals surface area (Å²) in [6.07, 6.45) is 3.42. The zero-order valence-electron chi connectivity index (χ0n) is 32.1. The molecule has 0 radical (unpaired) electrons. The lowest BCUT2D eigenvalue weighted by Gasteiger charge is -2.41. The Bertz CT molecular complexity index is 1920. The second-order valence-electron chi connectivity index (χ2n) is 15.2. The van der Waals surface area contributed by atoms with Crippen LogP contribution in [0.4, 0.5) is 5.69 Å². The molecule has 3 amide bonds. The van der Waals surface area contributed by atoms with Crippen molar-refractivity contribution in [1.82, 2.24) is 9.80 Å². The van der Waals surface area contributed by atoms with Crippen molar-refractivity contribution < 1.29 is 33.8 Å². The molecular weight excluding hydrogens is 762 g/mol. The summed E-state index contributed by atoms with van der Waals surface area (Å²) < 4.78 is 13.3. The number of hydrogen-bond donors (Lipinski definition) is 1. The van der Waals surface area contributed by atoms with Gasteiger partial charge in [-0.15, -0.1) is 13.2 Å². The Labute approximate surface area is 332 Å². The number of aliphatic hydroxyl groups is 1. The van der Waals surface area contributed by atoms with E-state index < -0.39 is 59.6 Å². The van der Waals surface area contributed by atoms with Crippen molar-refractivity contribution in [3.8, 4) is 0 Å². The van der Waals surface area contributed by atoms with Gasteiger partial charge in [0.2, 0.25) is 11.8 Å². The second-order valence-corrected chi connectivity index (χ2v) is 16.3. The van der Waals surface area contributed by atoms with Crippen molar-refractivity contribution >= 4 is 56.1 Å². The van der Waals surface area contributed by atoms with Gasteiger partial charge in [0.05, 0.1) is 36.6 Å². The first kappa shape index (κ1) is 40.3. The Morgan fingerprint density at radius 3 is 2.40 bits per heavy atom. The number of anilines is 1. The Morgan fingerprint density at radius 1 is 1.05 bits per heavy atom. The number of fused-ring (bicyclic) bond motifs is 2. The summed E-state index contributed by atoms with van der Waals surface area (Å²) in [6.45, 7) is 13.2. The fourth-order valence-electron chi connectivity index (χ4n) is 8.86. The van der Waals surface area contributed by atoms with E-state index in [0.29, 0.717) is 30.5 Å². The highest BCUT2D eigenvalue weighted by Gasteiger charge is 2.78. The Kier molecular flexibility index (Phi) is 12.3. The average molecular weight is 815 g/mol. The van der Waals surface area contributed by atoms with Gasteiger partial charge in [0, 0.05) is 30.5 Å². The van der Waals surface area contributed by atoms with Crippen LogP contribution in [-0.2, 0) is 28.7 Å². The van der Waals surface area contributed by atoms with E-state index in [4.69, 9.17) is 9.47 Å². The molecule has 1 N–H and O–H groups in total. The number of carbonyl (C=O) groups is 4. The molecule has 3 aromatic carbocycles. The van der Waals surface area contributed by atoms with Gasteiger partial charge in [-0.25, -0.2) is 0 Å². The largest absolute Gasteiger partial charge is 0.455 e. The van der Waals surface area contributed by atoms with Crippen molar-refractivity contribution in [3.05, 3.63) is 104 Å². The number of hydrogen-bond acceptors (Lipinski definition) is 7. The normalized spacial score (nSPS) is 26.2. The zero-order valence-corrected chi connectivity index (χ0v) is 33.6. The van der Waals surface area contributed by atoms with Crippen LogP contribution in [0.5, 0.6) is 0 Å². The standard InChI is InChI=1S/C44H52BrN3O7/c1-7-10-20-35(50)46(6)28(5)38(30-17-12-11-13-18-30)54-43(53)36-37-41(51)48(34(26-49)27(4)9-3)40(44(37)25-33(45)39(36)55-44)42(52)47(23-8-2)32-22-21-29-16-14-15-19-31(29)24-32/h7-8,11-19,21-22,24,27-28,33-34,36-40,49H,1-2,9-10,20,23,25-26H2,3-6H3/t27-,28+,33?,34-,36-,37+,38-,39-,40-,44+/m0/s1. The number of alkyl halides is 1. The maximum Gasteiger partial charge on any atom is 0.313 e. The molecule has 0 aliphatic carbocycles. The maximum absolute atomic E-state index is 15.3. The number of halogens is 1. The molecule has 2 bridgehead atoms. The van der Waals surface area contributed by atoms with Crippen molar-refractivity contribution in [2.75, 3.05) is 25.1 Å². The number of likely N-dealkylation sites (N-methyl/N-ethyl adjacent to an activating group) is 1. The van der Waals surface area contributed by atoms with E-state index in [2.05, 4.69) is 29.1 Å². The summed E-state index contributed by atoms with van der Waals surface area (Å²) in [5.41, 5.74) is -0.0646. The number of likely N-dealkylation sites (tertiary alicyclic amines) is 1. The fourth-order valence-corrected chi connectivity index (χ4v) is 9.80. The third kappa shape index (κ3) is 7.27. The minimum Gasteiger partial charge on any atom is -0.455 e. The van der Waals surface area contributed by atoms with Crippen LogP contribution in [0.15, 0.2) is 98.1 Å². The van der Waals surface area contributed by atoms with Crippen LogP contribution < -0.4 is 4.90 Å².